The summed E-state index contributed by atoms with van der Waals surface area (Å²) in [5.74, 6) is 3.17. The van der Waals surface area contributed by atoms with E-state index in [9.17, 15) is 35.2 Å². The zero-order valence-corrected chi connectivity index (χ0v) is 60.4. The lowest BCUT2D eigenvalue weighted by atomic mass is 9.87. The van der Waals surface area contributed by atoms with Gasteiger partial charge in [-0.15, -0.1) is 0 Å². The van der Waals surface area contributed by atoms with Gasteiger partial charge in [0.1, 0.15) is 23.2 Å². The van der Waals surface area contributed by atoms with Crippen LogP contribution in [-0.2, 0) is 29.6 Å². The van der Waals surface area contributed by atoms with Gasteiger partial charge < -0.3 is 44.4 Å². The van der Waals surface area contributed by atoms with E-state index in [2.05, 4.69) is 84.2 Å². The average Bonchev–Trinajstić information content (AvgIpc) is 1.69. The molecule has 3 fully saturated rings. The number of anilines is 1. The van der Waals surface area contributed by atoms with Gasteiger partial charge in [0.25, 0.3) is 0 Å². The Bertz CT molecular complexity index is 5060. The minimum Gasteiger partial charge on any atom is -0.496 e. The summed E-state index contributed by atoms with van der Waals surface area (Å²) in [6, 6.07) is 36.4. The Labute approximate surface area is 593 Å². The Balaban J connectivity index is 0.000000120. The van der Waals surface area contributed by atoms with Crippen LogP contribution in [0.2, 0.25) is 5.02 Å². The van der Waals surface area contributed by atoms with Crippen LogP contribution in [0.5, 0.6) is 5.75 Å². The van der Waals surface area contributed by atoms with E-state index in [4.69, 9.17) is 16.3 Å². The van der Waals surface area contributed by atoms with Crippen molar-refractivity contribution in [2.45, 2.75) is 89.9 Å². The van der Waals surface area contributed by atoms with Gasteiger partial charge in [0.2, 0.25) is 31.9 Å². The predicted octanol–water partition coefficient (Wildman–Crippen LogP) is 15.4. The van der Waals surface area contributed by atoms with Crippen LogP contribution in [0.25, 0.3) is 65.7 Å². The Morgan fingerprint density at radius 2 is 1.15 bits per heavy atom. The highest BCUT2D eigenvalue weighted by Gasteiger charge is 2.30. The lowest BCUT2D eigenvalue weighted by molar-refractivity contribution is -0.130. The van der Waals surface area contributed by atoms with Gasteiger partial charge in [-0.3, -0.25) is 9.59 Å². The van der Waals surface area contributed by atoms with Crippen molar-refractivity contribution in [3.05, 3.63) is 209 Å². The van der Waals surface area contributed by atoms with Gasteiger partial charge in [-0.2, -0.15) is 4.31 Å². The molecule has 0 radical (unpaired) electrons. The zero-order valence-electron chi connectivity index (χ0n) is 58.0. The molecular weight excluding hydrogens is 1340 g/mol. The summed E-state index contributed by atoms with van der Waals surface area (Å²) in [5.41, 5.74) is 14.5. The van der Waals surface area contributed by atoms with Crippen LogP contribution >= 0.6 is 11.6 Å². The van der Waals surface area contributed by atoms with E-state index >= 15 is 0 Å². The van der Waals surface area contributed by atoms with Crippen molar-refractivity contribution in [3.63, 3.8) is 0 Å². The van der Waals surface area contributed by atoms with E-state index in [1.807, 2.05) is 101 Å². The molecule has 5 N–H and O–H groups in total. The summed E-state index contributed by atoms with van der Waals surface area (Å²) in [6.45, 7) is 12.7. The number of nitrogens with zero attached hydrogens (tertiary/aromatic N) is 6. The highest BCUT2D eigenvalue weighted by molar-refractivity contribution is 7.88. The minimum absolute atomic E-state index is 0.136. The molecular formula is C78H88ClF2N11O7S2. The van der Waals surface area contributed by atoms with Crippen LogP contribution in [0.3, 0.4) is 0 Å². The number of carbonyl (C=O) groups is 2. The van der Waals surface area contributed by atoms with Crippen molar-refractivity contribution >= 4 is 115 Å². The summed E-state index contributed by atoms with van der Waals surface area (Å²) in [5, 5.41) is 6.35. The quantitative estimate of drug-likeness (QED) is 0.0927. The van der Waals surface area contributed by atoms with E-state index in [1.54, 1.807) is 39.2 Å². The molecule has 0 saturated carbocycles. The molecule has 0 unspecified atom stereocenters. The monoisotopic (exact) mass is 1430 g/mol. The number of halogens is 3. The van der Waals surface area contributed by atoms with Gasteiger partial charge in [-0.25, -0.2) is 34.9 Å². The molecule has 0 bridgehead atoms. The standard InChI is InChI=1S/C18H18FN3.C16H20N2O.C15H15ClN2O.C15H18N2O3S.C14H17FN2O2S/c19-14-4-5-15-16(12-21-17(15)11-14)13-6-9-22(10-7-13)18-3-1-2-8-20-18;1-11-16(14-5-3-4-6-15(14)17-11)13-7-9-18(10-8-13)12(2)19;1-10(19)18-7-5-11(6-8-18)13-9-17-15-12(13)3-2-4-14(15)16;1-20-14-5-3-4-13-15(14)12(10-16-13)11-6-8-17(9-7-11)21(2,18)19;1-20(18,19)17-7-5-10(6-8-17)12-9-16-14-11(12)3-2-4-13(14)15/h1-5,8,11-13,21H,6-7,9-10H2;3-6,13,17H,7-10H2,1-2H3;2-5,9,17H,6-8H2,1H3;3-6,10,16H,7-9H2,1-2H3;2-4,9-10,16H,5-8H2,1H3. The topological polar surface area (TPSA) is 220 Å². The molecule has 5 aromatic carbocycles. The van der Waals surface area contributed by atoms with E-state index in [0.29, 0.717) is 56.5 Å². The van der Waals surface area contributed by atoms with Crippen LogP contribution in [0.1, 0.15) is 116 Å². The fourth-order valence-corrected chi connectivity index (χ4v) is 16.9. The molecule has 11 heterocycles. The average molecular weight is 1430 g/mol. The van der Waals surface area contributed by atoms with E-state index in [1.165, 1.54) is 66.0 Å². The van der Waals surface area contributed by atoms with Crippen LogP contribution < -0.4 is 9.64 Å². The number of aromatic nitrogens is 6. The van der Waals surface area contributed by atoms with Crippen molar-refractivity contribution in [1.29, 1.82) is 0 Å². The molecule has 0 aliphatic carbocycles. The predicted molar refractivity (Wildman–Crippen MR) is 403 cm³/mol. The molecule has 5 aliphatic rings. The second-order valence-electron chi connectivity index (χ2n) is 26.7. The third-order valence-electron chi connectivity index (χ3n) is 20.5. The largest absolute Gasteiger partial charge is 0.496 e. The summed E-state index contributed by atoms with van der Waals surface area (Å²) < 4.78 is 81.5. The molecule has 530 valence electrons. The van der Waals surface area contributed by atoms with Crippen LogP contribution in [-0.4, -0.2) is 162 Å². The number of likely N-dealkylation sites (tertiary alicyclic amines) is 1. The number of sulfonamides is 2. The first kappa shape index (κ1) is 71.8. The van der Waals surface area contributed by atoms with Crippen molar-refractivity contribution in [1.82, 2.24) is 48.3 Å². The smallest absolute Gasteiger partial charge is 0.219 e. The number of amides is 2. The van der Waals surface area contributed by atoms with Crippen molar-refractivity contribution in [3.8, 4) is 5.75 Å². The third kappa shape index (κ3) is 16.5. The van der Waals surface area contributed by atoms with Crippen molar-refractivity contribution < 1.29 is 39.9 Å². The maximum absolute atomic E-state index is 13.7. The van der Waals surface area contributed by atoms with Gasteiger partial charge in [-0.05, 0) is 165 Å². The molecule has 16 rings (SSSR count). The molecule has 11 aromatic rings. The van der Waals surface area contributed by atoms with Gasteiger partial charge in [-0.1, -0.05) is 78.4 Å². The third-order valence-corrected chi connectivity index (χ3v) is 23.4. The molecule has 23 heteroatoms. The fourth-order valence-electron chi connectivity index (χ4n) is 15.1. The Morgan fingerprint density at radius 1 is 0.554 bits per heavy atom. The maximum Gasteiger partial charge on any atom is 0.219 e. The van der Waals surface area contributed by atoms with Gasteiger partial charge in [0.15, 0.2) is 0 Å². The number of benzene rings is 5. The number of H-pyrrole nitrogens is 5. The number of hydrogen-bond acceptors (Lipinski definition) is 9. The van der Waals surface area contributed by atoms with Crippen LogP contribution in [0, 0.1) is 18.6 Å². The SMILES string of the molecule is CC(=O)N1CC=C(c2c[nH]c3c(Cl)cccc23)CC1.CC(=O)N1CCC(c2c(C)[nH]c3ccccc23)CC1.COc1cccc2[nH]cc(C3=CCN(S(C)(=O)=O)CC3)c12.CS(=O)(=O)N1CCC(c2c[nH]c3c(F)cccc23)CC1.Fc1ccc2c(C3CCN(c4ccccn4)CC3)c[nH]c2c1. The lowest BCUT2D eigenvalue weighted by Gasteiger charge is -2.32. The normalized spacial score (nSPS) is 16.9. The fraction of sp³-hybridized carbons (Fsp3) is 0.346. The van der Waals surface area contributed by atoms with Crippen molar-refractivity contribution in [2.24, 2.45) is 0 Å². The zero-order chi connectivity index (χ0) is 71.1. The highest BCUT2D eigenvalue weighted by atomic mass is 35.5. The van der Waals surface area contributed by atoms with Gasteiger partial charge >= 0.3 is 0 Å². The first-order valence-electron chi connectivity index (χ1n) is 34.6. The summed E-state index contributed by atoms with van der Waals surface area (Å²) in [7, 11) is -4.56. The Kier molecular flexibility index (Phi) is 22.3. The van der Waals surface area contributed by atoms with Gasteiger partial charge in [0.05, 0.1) is 35.7 Å². The molecule has 5 aliphatic heterocycles. The molecule has 18 nitrogen and oxygen atoms in total. The highest BCUT2D eigenvalue weighted by Crippen LogP contribution is 2.40. The second-order valence-corrected chi connectivity index (χ2v) is 31.1. The number of fused-ring (bicyclic) bond motifs is 5. The number of methoxy groups -OCH3 is 1. The molecule has 2 amide bonds. The van der Waals surface area contributed by atoms with E-state index in [-0.39, 0.29) is 29.4 Å². The first-order chi connectivity index (χ1) is 48.6. The number of rotatable bonds is 9. The number of piperidine rings is 3. The van der Waals surface area contributed by atoms with E-state index in [0.717, 1.165) is 149 Å². The number of hydrogen-bond donors (Lipinski definition) is 5. The maximum atomic E-state index is 13.7. The first-order valence-corrected chi connectivity index (χ1v) is 38.6. The molecule has 6 aromatic heterocycles. The molecule has 3 saturated heterocycles. The summed E-state index contributed by atoms with van der Waals surface area (Å²) >= 11 is 6.17. The van der Waals surface area contributed by atoms with Crippen LogP contribution in [0.15, 0.2) is 158 Å². The number of aromatic amines is 5. The summed E-state index contributed by atoms with van der Waals surface area (Å²) in [4.78, 5) is 49.4. The number of pyridine rings is 1. The van der Waals surface area contributed by atoms with E-state index < -0.39 is 20.0 Å². The minimum atomic E-state index is -3.12. The number of ether oxygens (including phenoxy) is 1. The molecule has 0 spiro atoms. The number of aryl methyl sites for hydroxylation is 1. The van der Waals surface area contributed by atoms with Crippen LogP contribution in [0.4, 0.5) is 14.6 Å². The second kappa shape index (κ2) is 31.4. The Morgan fingerprint density at radius 3 is 1.82 bits per heavy atom. The molecule has 0 atom stereocenters. The number of nitrogens with one attached hydrogen (secondary N) is 5. The van der Waals surface area contributed by atoms with Gasteiger partial charge in [0, 0.05) is 171 Å². The Hall–Kier alpha value is -9.06. The van der Waals surface area contributed by atoms with Crippen molar-refractivity contribution in [2.75, 3.05) is 90.0 Å². The number of carbonyl (C=O) groups excluding carboxylic acids is 2. The number of para-hydroxylation sites is 3. The molecule has 101 heavy (non-hydrogen) atoms. The lowest BCUT2D eigenvalue weighted by Crippen LogP contribution is -2.37. The summed E-state index contributed by atoms with van der Waals surface area (Å²) in [6.07, 6.45) is 23.8.